The van der Waals surface area contributed by atoms with E-state index in [1.165, 1.54) is 24.1 Å². The first kappa shape index (κ1) is 13.4. The molecule has 0 spiro atoms. The second-order valence-electron chi connectivity index (χ2n) is 4.78. The lowest BCUT2D eigenvalue weighted by molar-refractivity contribution is 0.763. The zero-order valence-corrected chi connectivity index (χ0v) is 11.9. The summed E-state index contributed by atoms with van der Waals surface area (Å²) in [6.07, 6.45) is 5.78. The molecule has 1 aromatic heterocycles. The van der Waals surface area contributed by atoms with E-state index in [0.717, 1.165) is 35.2 Å². The van der Waals surface area contributed by atoms with E-state index in [-0.39, 0.29) is 0 Å². The molecule has 2 heteroatoms. The normalized spacial score (nSPS) is 11.1. The largest absolute Gasteiger partial charge is 0.253 e. The number of hydrogen-bond donors (Lipinski definition) is 0. The van der Waals surface area contributed by atoms with Crippen LogP contribution in [-0.2, 0) is 12.8 Å². The first-order valence-corrected chi connectivity index (χ1v) is 7.20. The summed E-state index contributed by atoms with van der Waals surface area (Å²) in [6.45, 7) is 4.44. The summed E-state index contributed by atoms with van der Waals surface area (Å²) in [7, 11) is 0. The zero-order valence-electron chi connectivity index (χ0n) is 11.2. The Morgan fingerprint density at radius 2 is 1.89 bits per heavy atom. The summed E-state index contributed by atoms with van der Waals surface area (Å²) in [6, 6.07) is 8.21. The number of aromatic nitrogens is 1. The Morgan fingerprint density at radius 1 is 1.06 bits per heavy atom. The van der Waals surface area contributed by atoms with Gasteiger partial charge in [0.1, 0.15) is 0 Å². The van der Waals surface area contributed by atoms with Crippen molar-refractivity contribution in [2.75, 3.05) is 0 Å². The maximum atomic E-state index is 6.04. The van der Waals surface area contributed by atoms with Crippen LogP contribution in [0.2, 0.25) is 5.02 Å². The van der Waals surface area contributed by atoms with Gasteiger partial charge in [0.2, 0.25) is 0 Å². The first-order chi connectivity index (χ1) is 8.74. The number of benzene rings is 1. The zero-order chi connectivity index (χ0) is 13.0. The molecule has 0 saturated carbocycles. The summed E-state index contributed by atoms with van der Waals surface area (Å²) in [5.74, 6) is 0. The summed E-state index contributed by atoms with van der Waals surface area (Å²) < 4.78 is 0. The van der Waals surface area contributed by atoms with Crippen molar-refractivity contribution in [1.29, 1.82) is 0 Å². The van der Waals surface area contributed by atoms with Gasteiger partial charge < -0.3 is 0 Å². The molecule has 0 atom stereocenters. The fraction of sp³-hybridized carbons (Fsp3) is 0.438. The summed E-state index contributed by atoms with van der Waals surface area (Å²) in [5, 5.41) is 1.94. The van der Waals surface area contributed by atoms with Crippen LogP contribution in [0.5, 0.6) is 0 Å². The second-order valence-corrected chi connectivity index (χ2v) is 5.22. The lowest BCUT2D eigenvalue weighted by Gasteiger charge is -2.10. The fourth-order valence-corrected chi connectivity index (χ4v) is 2.46. The maximum absolute atomic E-state index is 6.04. The Hall–Kier alpha value is -1.08. The van der Waals surface area contributed by atoms with E-state index in [4.69, 9.17) is 16.6 Å². The number of fused-ring (bicyclic) bond motifs is 1. The van der Waals surface area contributed by atoms with Crippen LogP contribution in [0.15, 0.2) is 24.3 Å². The van der Waals surface area contributed by atoms with Crippen LogP contribution >= 0.6 is 11.6 Å². The predicted octanol–water partition coefficient (Wildman–Crippen LogP) is 5.18. The molecule has 2 aromatic rings. The molecule has 0 radical (unpaired) electrons. The molecule has 0 fully saturated rings. The first-order valence-electron chi connectivity index (χ1n) is 6.82. The van der Waals surface area contributed by atoms with Gasteiger partial charge in [0.15, 0.2) is 0 Å². The van der Waals surface area contributed by atoms with Gasteiger partial charge in [0.05, 0.1) is 5.52 Å². The highest BCUT2D eigenvalue weighted by atomic mass is 35.5. The molecule has 1 heterocycles. The number of rotatable bonds is 5. The van der Waals surface area contributed by atoms with Gasteiger partial charge in [-0.1, -0.05) is 38.3 Å². The molecular formula is C16H20ClN. The lowest BCUT2D eigenvalue weighted by Crippen LogP contribution is -1.99. The van der Waals surface area contributed by atoms with E-state index >= 15 is 0 Å². The van der Waals surface area contributed by atoms with Gasteiger partial charge in [-0.05, 0) is 49.1 Å². The van der Waals surface area contributed by atoms with E-state index < -0.39 is 0 Å². The average Bonchev–Trinajstić information content (AvgIpc) is 2.36. The van der Waals surface area contributed by atoms with Gasteiger partial charge >= 0.3 is 0 Å². The van der Waals surface area contributed by atoms with Crippen molar-refractivity contribution in [3.05, 3.63) is 40.5 Å². The van der Waals surface area contributed by atoms with E-state index in [2.05, 4.69) is 19.9 Å². The van der Waals surface area contributed by atoms with E-state index in [1.807, 2.05) is 18.2 Å². The molecule has 0 unspecified atom stereocenters. The smallest absolute Gasteiger partial charge is 0.0706 e. The lowest BCUT2D eigenvalue weighted by atomic mass is 10.0. The summed E-state index contributed by atoms with van der Waals surface area (Å²) in [4.78, 5) is 4.81. The van der Waals surface area contributed by atoms with E-state index in [9.17, 15) is 0 Å². The van der Waals surface area contributed by atoms with Gasteiger partial charge in [-0.3, -0.25) is 4.98 Å². The van der Waals surface area contributed by atoms with Gasteiger partial charge in [-0.2, -0.15) is 0 Å². The average molecular weight is 262 g/mol. The van der Waals surface area contributed by atoms with Crippen LogP contribution in [-0.4, -0.2) is 4.98 Å². The number of hydrogen-bond acceptors (Lipinski definition) is 1. The van der Waals surface area contributed by atoms with E-state index in [1.54, 1.807) is 0 Å². The van der Waals surface area contributed by atoms with E-state index in [0.29, 0.717) is 0 Å². The third-order valence-electron chi connectivity index (χ3n) is 3.23. The minimum atomic E-state index is 0.785. The minimum absolute atomic E-state index is 0.785. The van der Waals surface area contributed by atoms with Crippen LogP contribution in [0.1, 0.15) is 44.4 Å². The van der Waals surface area contributed by atoms with Crippen molar-refractivity contribution in [2.45, 2.75) is 46.0 Å². The number of pyridine rings is 1. The minimum Gasteiger partial charge on any atom is -0.253 e. The molecule has 18 heavy (non-hydrogen) atoms. The molecule has 96 valence electrons. The molecule has 0 aliphatic carbocycles. The van der Waals surface area contributed by atoms with Crippen molar-refractivity contribution in [3.8, 4) is 0 Å². The van der Waals surface area contributed by atoms with Crippen LogP contribution in [0.25, 0.3) is 10.9 Å². The van der Waals surface area contributed by atoms with Gasteiger partial charge in [0.25, 0.3) is 0 Å². The number of unbranched alkanes of at least 4 members (excludes halogenated alkanes) is 1. The van der Waals surface area contributed by atoms with Gasteiger partial charge in [0, 0.05) is 16.1 Å². The molecule has 0 N–H and O–H groups in total. The standard InChI is InChI=1S/C16H20ClN/c1-3-5-7-15-12(6-4-2)10-13-11-14(17)8-9-16(13)18-15/h8-11H,3-7H2,1-2H3. The Morgan fingerprint density at radius 3 is 2.61 bits per heavy atom. The molecular weight excluding hydrogens is 242 g/mol. The van der Waals surface area contributed by atoms with Crippen LogP contribution < -0.4 is 0 Å². The Labute approximate surface area is 114 Å². The Kier molecular flexibility index (Phi) is 4.60. The van der Waals surface area contributed by atoms with Gasteiger partial charge in [-0.15, -0.1) is 0 Å². The topological polar surface area (TPSA) is 12.9 Å². The van der Waals surface area contributed by atoms with Crippen molar-refractivity contribution < 1.29 is 0 Å². The van der Waals surface area contributed by atoms with Gasteiger partial charge in [-0.25, -0.2) is 0 Å². The highest BCUT2D eigenvalue weighted by Gasteiger charge is 2.06. The predicted molar refractivity (Wildman–Crippen MR) is 79.4 cm³/mol. The van der Waals surface area contributed by atoms with Crippen molar-refractivity contribution in [3.63, 3.8) is 0 Å². The summed E-state index contributed by atoms with van der Waals surface area (Å²) >= 11 is 6.04. The highest BCUT2D eigenvalue weighted by Crippen LogP contribution is 2.22. The molecule has 2 rings (SSSR count). The molecule has 0 bridgehead atoms. The number of nitrogens with zero attached hydrogens (tertiary/aromatic N) is 1. The molecule has 1 aromatic carbocycles. The Bertz CT molecular complexity index is 534. The molecule has 0 aliphatic rings. The van der Waals surface area contributed by atoms with Crippen molar-refractivity contribution in [1.82, 2.24) is 4.98 Å². The number of halogens is 1. The second kappa shape index (κ2) is 6.19. The van der Waals surface area contributed by atoms with Crippen molar-refractivity contribution >= 4 is 22.5 Å². The van der Waals surface area contributed by atoms with Crippen LogP contribution in [0, 0.1) is 0 Å². The third kappa shape index (κ3) is 3.02. The van der Waals surface area contributed by atoms with Crippen LogP contribution in [0.3, 0.4) is 0 Å². The summed E-state index contributed by atoms with van der Waals surface area (Å²) in [5.41, 5.74) is 3.72. The fourth-order valence-electron chi connectivity index (χ4n) is 2.28. The van der Waals surface area contributed by atoms with Crippen LogP contribution in [0.4, 0.5) is 0 Å². The molecule has 0 aliphatic heterocycles. The quantitative estimate of drug-likeness (QED) is 0.722. The number of aryl methyl sites for hydroxylation is 2. The monoisotopic (exact) mass is 261 g/mol. The molecule has 0 amide bonds. The SMILES string of the molecule is CCCCc1nc2ccc(Cl)cc2cc1CCC. The van der Waals surface area contributed by atoms with Crippen molar-refractivity contribution in [2.24, 2.45) is 0 Å². The highest BCUT2D eigenvalue weighted by molar-refractivity contribution is 6.31. The third-order valence-corrected chi connectivity index (χ3v) is 3.47. The maximum Gasteiger partial charge on any atom is 0.0706 e. The Balaban J connectivity index is 2.46. The molecule has 1 nitrogen and oxygen atoms in total. The molecule has 0 saturated heterocycles.